The molecule has 1 aromatic heterocycles. The Bertz CT molecular complexity index is 315. The average molecular weight is 222 g/mol. The van der Waals surface area contributed by atoms with Gasteiger partial charge < -0.3 is 4.90 Å². The van der Waals surface area contributed by atoms with Gasteiger partial charge in [0.25, 0.3) is 0 Å². The number of aromatic nitrogens is 1. The Kier molecular flexibility index (Phi) is 4.69. The molecule has 0 radical (unpaired) electrons. The second kappa shape index (κ2) is 5.81. The van der Waals surface area contributed by atoms with Crippen molar-refractivity contribution < 1.29 is 0 Å². The van der Waals surface area contributed by atoms with E-state index in [1.807, 2.05) is 19.2 Å². The van der Waals surface area contributed by atoms with Crippen LogP contribution in [0.25, 0.3) is 0 Å². The van der Waals surface area contributed by atoms with Crippen molar-refractivity contribution in [1.29, 1.82) is 0 Å². The first kappa shape index (κ1) is 12.1. The third-order valence-corrected chi connectivity index (χ3v) is 2.85. The van der Waals surface area contributed by atoms with Crippen LogP contribution in [0.15, 0.2) is 18.3 Å². The molecule has 0 fully saturated rings. The molecule has 0 aliphatic rings. The maximum Gasteiger partial charge on any atom is 0.0824 e. The standard InChI is InChI=1S/C12H18N2S/c1-4-14(5-2)12(15)8-11-7-6-10(3)13-9-11/h6-7,9H,4-5,8H2,1-3H3. The van der Waals surface area contributed by atoms with Crippen LogP contribution in [0.4, 0.5) is 0 Å². The minimum atomic E-state index is 0.824. The first-order chi connectivity index (χ1) is 7.17. The van der Waals surface area contributed by atoms with Crippen molar-refractivity contribution in [2.75, 3.05) is 13.1 Å². The van der Waals surface area contributed by atoms with Gasteiger partial charge in [-0.2, -0.15) is 0 Å². The van der Waals surface area contributed by atoms with E-state index in [4.69, 9.17) is 12.2 Å². The number of thiocarbonyl (C=S) groups is 1. The highest BCUT2D eigenvalue weighted by atomic mass is 32.1. The molecule has 0 saturated carbocycles. The molecule has 1 rings (SSSR count). The quantitative estimate of drug-likeness (QED) is 0.729. The van der Waals surface area contributed by atoms with Gasteiger partial charge in [-0.3, -0.25) is 4.98 Å². The van der Waals surface area contributed by atoms with Crippen molar-refractivity contribution in [2.24, 2.45) is 0 Å². The molecule has 0 atom stereocenters. The van der Waals surface area contributed by atoms with Crippen LogP contribution in [0.1, 0.15) is 25.1 Å². The van der Waals surface area contributed by atoms with Gasteiger partial charge in [-0.05, 0) is 32.4 Å². The number of likely N-dealkylation sites (N-methyl/N-ethyl adjacent to an activating group) is 1. The zero-order valence-electron chi connectivity index (χ0n) is 9.66. The van der Waals surface area contributed by atoms with Gasteiger partial charge in [0.2, 0.25) is 0 Å². The summed E-state index contributed by atoms with van der Waals surface area (Å²) >= 11 is 5.39. The van der Waals surface area contributed by atoms with E-state index in [9.17, 15) is 0 Å². The van der Waals surface area contributed by atoms with Crippen molar-refractivity contribution in [3.05, 3.63) is 29.6 Å². The Morgan fingerprint density at radius 1 is 1.33 bits per heavy atom. The van der Waals surface area contributed by atoms with Crippen molar-refractivity contribution in [3.8, 4) is 0 Å². The molecule has 0 unspecified atom stereocenters. The highest BCUT2D eigenvalue weighted by molar-refractivity contribution is 7.80. The molecule has 0 aromatic carbocycles. The summed E-state index contributed by atoms with van der Waals surface area (Å²) in [7, 11) is 0. The fraction of sp³-hybridized carbons (Fsp3) is 0.500. The molecule has 82 valence electrons. The Labute approximate surface area is 97.3 Å². The Hall–Kier alpha value is -0.960. The van der Waals surface area contributed by atoms with Crippen LogP contribution >= 0.6 is 12.2 Å². The van der Waals surface area contributed by atoms with Gasteiger partial charge in [0.15, 0.2) is 0 Å². The fourth-order valence-electron chi connectivity index (χ4n) is 1.47. The minimum absolute atomic E-state index is 0.824. The molecule has 0 saturated heterocycles. The van der Waals surface area contributed by atoms with Gasteiger partial charge in [-0.25, -0.2) is 0 Å². The van der Waals surface area contributed by atoms with Crippen LogP contribution in [0.2, 0.25) is 0 Å². The zero-order chi connectivity index (χ0) is 11.3. The van der Waals surface area contributed by atoms with Gasteiger partial charge >= 0.3 is 0 Å². The summed E-state index contributed by atoms with van der Waals surface area (Å²) in [5.41, 5.74) is 2.24. The van der Waals surface area contributed by atoms with Crippen molar-refractivity contribution in [2.45, 2.75) is 27.2 Å². The Balaban J connectivity index is 2.61. The molecule has 0 bridgehead atoms. The van der Waals surface area contributed by atoms with E-state index in [1.165, 1.54) is 5.56 Å². The summed E-state index contributed by atoms with van der Waals surface area (Å²) in [6.07, 6.45) is 2.73. The summed E-state index contributed by atoms with van der Waals surface area (Å²) in [4.78, 5) is 7.47. The van der Waals surface area contributed by atoms with E-state index < -0.39 is 0 Å². The van der Waals surface area contributed by atoms with Crippen molar-refractivity contribution >= 4 is 17.2 Å². The van der Waals surface area contributed by atoms with Crippen LogP contribution in [-0.4, -0.2) is 28.0 Å². The third kappa shape index (κ3) is 3.59. The summed E-state index contributed by atoms with van der Waals surface area (Å²) in [6.45, 7) is 8.21. The molecule has 15 heavy (non-hydrogen) atoms. The highest BCUT2D eigenvalue weighted by Gasteiger charge is 2.05. The Morgan fingerprint density at radius 2 is 2.00 bits per heavy atom. The topological polar surface area (TPSA) is 16.1 Å². The molecule has 0 spiro atoms. The molecular formula is C12H18N2S. The van der Waals surface area contributed by atoms with Crippen molar-refractivity contribution in [1.82, 2.24) is 9.88 Å². The first-order valence-corrected chi connectivity index (χ1v) is 5.77. The predicted octanol–water partition coefficient (Wildman–Crippen LogP) is 2.60. The molecule has 0 aliphatic carbocycles. The molecule has 0 amide bonds. The number of rotatable bonds is 4. The fourth-order valence-corrected chi connectivity index (χ4v) is 1.89. The maximum absolute atomic E-state index is 5.39. The highest BCUT2D eigenvalue weighted by Crippen LogP contribution is 2.04. The predicted molar refractivity (Wildman–Crippen MR) is 68.2 cm³/mol. The van der Waals surface area contributed by atoms with E-state index in [2.05, 4.69) is 29.8 Å². The molecule has 3 heteroatoms. The van der Waals surface area contributed by atoms with Crippen LogP contribution in [-0.2, 0) is 6.42 Å². The number of pyridine rings is 1. The van der Waals surface area contributed by atoms with Gasteiger partial charge in [0.05, 0.1) is 4.99 Å². The van der Waals surface area contributed by atoms with E-state index in [-0.39, 0.29) is 0 Å². The van der Waals surface area contributed by atoms with Gasteiger partial charge in [-0.1, -0.05) is 18.3 Å². The molecular weight excluding hydrogens is 204 g/mol. The lowest BCUT2D eigenvalue weighted by Crippen LogP contribution is -2.30. The SMILES string of the molecule is CCN(CC)C(=S)Cc1ccc(C)nc1. The number of hydrogen-bond acceptors (Lipinski definition) is 2. The average Bonchev–Trinajstić information content (AvgIpc) is 2.23. The molecule has 0 N–H and O–H groups in total. The summed E-state index contributed by atoms with van der Waals surface area (Å²) in [5.74, 6) is 0. The summed E-state index contributed by atoms with van der Waals surface area (Å²) in [5, 5.41) is 0. The molecule has 2 nitrogen and oxygen atoms in total. The molecule has 1 heterocycles. The maximum atomic E-state index is 5.39. The van der Waals surface area contributed by atoms with Gasteiger partial charge in [0, 0.05) is 31.4 Å². The lowest BCUT2D eigenvalue weighted by Gasteiger charge is -2.21. The van der Waals surface area contributed by atoms with Crippen LogP contribution in [0, 0.1) is 6.92 Å². The van der Waals surface area contributed by atoms with E-state index in [0.29, 0.717) is 0 Å². The van der Waals surface area contributed by atoms with Crippen LogP contribution < -0.4 is 0 Å². The summed E-state index contributed by atoms with van der Waals surface area (Å²) in [6, 6.07) is 4.12. The van der Waals surface area contributed by atoms with Crippen LogP contribution in [0.3, 0.4) is 0 Å². The van der Waals surface area contributed by atoms with E-state index in [0.717, 1.165) is 30.2 Å². The number of nitrogens with zero attached hydrogens (tertiary/aromatic N) is 2. The number of hydrogen-bond donors (Lipinski definition) is 0. The second-order valence-corrected chi connectivity index (χ2v) is 4.02. The van der Waals surface area contributed by atoms with E-state index in [1.54, 1.807) is 0 Å². The third-order valence-electron chi connectivity index (χ3n) is 2.44. The molecule has 1 aromatic rings. The van der Waals surface area contributed by atoms with Crippen LogP contribution in [0.5, 0.6) is 0 Å². The normalized spacial score (nSPS) is 10.1. The zero-order valence-corrected chi connectivity index (χ0v) is 10.5. The van der Waals surface area contributed by atoms with Crippen molar-refractivity contribution in [3.63, 3.8) is 0 Å². The van der Waals surface area contributed by atoms with Gasteiger partial charge in [0.1, 0.15) is 0 Å². The largest absolute Gasteiger partial charge is 0.366 e. The van der Waals surface area contributed by atoms with E-state index >= 15 is 0 Å². The minimum Gasteiger partial charge on any atom is -0.366 e. The lowest BCUT2D eigenvalue weighted by atomic mass is 10.2. The van der Waals surface area contributed by atoms with Gasteiger partial charge in [-0.15, -0.1) is 0 Å². The second-order valence-electron chi connectivity index (χ2n) is 3.55. The Morgan fingerprint density at radius 3 is 2.47 bits per heavy atom. The lowest BCUT2D eigenvalue weighted by molar-refractivity contribution is 0.467. The molecule has 0 aliphatic heterocycles. The summed E-state index contributed by atoms with van der Waals surface area (Å²) < 4.78 is 0. The smallest absolute Gasteiger partial charge is 0.0824 e. The monoisotopic (exact) mass is 222 g/mol. The number of aryl methyl sites for hydroxylation is 1. The first-order valence-electron chi connectivity index (χ1n) is 5.36.